The van der Waals surface area contributed by atoms with Gasteiger partial charge in [-0.05, 0) is 66.8 Å². The van der Waals surface area contributed by atoms with Crippen molar-refractivity contribution in [1.82, 2.24) is 15.6 Å². The fourth-order valence-corrected chi connectivity index (χ4v) is 3.61. The monoisotopic (exact) mass is 376 g/mol. The fraction of sp³-hybridized carbons (Fsp3) is 0. The van der Waals surface area contributed by atoms with Crippen LogP contribution in [0.2, 0.25) is 0 Å². The number of aromatic amines is 1. The van der Waals surface area contributed by atoms with Gasteiger partial charge in [-0.3, -0.25) is 0 Å². The summed E-state index contributed by atoms with van der Waals surface area (Å²) in [6.07, 6.45) is 23.8. The highest BCUT2D eigenvalue weighted by atomic mass is 15.1. The summed E-state index contributed by atoms with van der Waals surface area (Å²) in [5.41, 5.74) is 6.29. The van der Waals surface area contributed by atoms with E-state index < -0.39 is 0 Å². The van der Waals surface area contributed by atoms with Gasteiger partial charge in [0.15, 0.2) is 0 Å². The molecule has 1 aromatic rings. The van der Waals surface area contributed by atoms with Crippen LogP contribution in [0.25, 0.3) is 18.0 Å². The van der Waals surface area contributed by atoms with E-state index in [-0.39, 0.29) is 0 Å². The first kappa shape index (κ1) is 15.8. The van der Waals surface area contributed by atoms with E-state index in [0.29, 0.717) is 0 Å². The molecule has 0 spiro atoms. The van der Waals surface area contributed by atoms with Gasteiger partial charge in [-0.1, -0.05) is 0 Å². The third-order valence-electron chi connectivity index (χ3n) is 4.91. The van der Waals surface area contributed by atoms with Crippen LogP contribution in [-0.2, 0) is 0 Å². The Kier molecular flexibility index (Phi) is 3.37. The largest absolute Gasteiger partial charge is 0.355 e. The van der Waals surface area contributed by atoms with Crippen LogP contribution in [-0.4, -0.2) is 22.1 Å². The molecule has 3 N–H and O–H groups in total. The zero-order valence-corrected chi connectivity index (χ0v) is 15.3. The molecule has 6 nitrogen and oxygen atoms in total. The lowest BCUT2D eigenvalue weighted by Gasteiger charge is -1.96. The fourth-order valence-electron chi connectivity index (χ4n) is 3.61. The summed E-state index contributed by atoms with van der Waals surface area (Å²) in [4.78, 5) is 17.5. The first-order valence-electron chi connectivity index (χ1n) is 9.37. The molecule has 5 aliphatic rings. The maximum Gasteiger partial charge on any atom is 0.116 e. The van der Waals surface area contributed by atoms with Gasteiger partial charge in [-0.15, -0.1) is 0 Å². The zero-order valence-electron chi connectivity index (χ0n) is 15.3. The first-order valence-corrected chi connectivity index (χ1v) is 9.37. The topological polar surface area (TPSA) is 76.9 Å². The summed E-state index contributed by atoms with van der Waals surface area (Å²) < 4.78 is 0. The van der Waals surface area contributed by atoms with Gasteiger partial charge in [0.1, 0.15) is 5.82 Å². The second-order valence-electron chi connectivity index (χ2n) is 7.01. The van der Waals surface area contributed by atoms with Crippen molar-refractivity contribution in [2.24, 2.45) is 15.0 Å². The molecule has 0 fully saturated rings. The molecule has 138 valence electrons. The molecule has 0 amide bonds. The van der Waals surface area contributed by atoms with Crippen molar-refractivity contribution in [3.05, 3.63) is 100 Å². The third-order valence-corrected chi connectivity index (χ3v) is 4.91. The predicted molar refractivity (Wildman–Crippen MR) is 117 cm³/mol. The molecule has 1 aromatic heterocycles. The van der Waals surface area contributed by atoms with Crippen molar-refractivity contribution < 1.29 is 0 Å². The molecule has 6 heterocycles. The molecule has 0 radical (unpaired) electrons. The Bertz CT molecular complexity index is 1370. The number of aromatic nitrogens is 1. The van der Waals surface area contributed by atoms with Gasteiger partial charge in [0.2, 0.25) is 0 Å². The Labute approximate surface area is 166 Å². The molecular weight excluding hydrogens is 360 g/mol. The van der Waals surface area contributed by atoms with Crippen LogP contribution < -0.4 is 21.2 Å². The zero-order chi connectivity index (χ0) is 19.2. The second-order valence-corrected chi connectivity index (χ2v) is 7.01. The molecule has 29 heavy (non-hydrogen) atoms. The van der Waals surface area contributed by atoms with Gasteiger partial charge < -0.3 is 15.6 Å². The van der Waals surface area contributed by atoms with Crippen molar-refractivity contribution in [3.8, 4) is 0 Å². The van der Waals surface area contributed by atoms with E-state index in [2.05, 4.69) is 26.7 Å². The Hall–Kier alpha value is -4.19. The maximum absolute atomic E-state index is 4.72. The Balaban J connectivity index is 1.58. The molecule has 0 unspecified atom stereocenters. The highest BCUT2D eigenvalue weighted by Crippen LogP contribution is 2.18. The standard InChI is InChI=1S/C23H16N6/c1-2-15-10-17-5-6-19(28-17)13-22-21(23-24-7-8-25-23)12-20(29-22)11-18-4-3-16(27-18)9-14(1)26-15/h1-13,24-25,29H. The maximum atomic E-state index is 4.72. The van der Waals surface area contributed by atoms with Crippen molar-refractivity contribution in [1.29, 1.82) is 0 Å². The number of hydrogen-bond acceptors (Lipinski definition) is 5. The van der Waals surface area contributed by atoms with E-state index in [1.165, 1.54) is 0 Å². The molecule has 6 heteroatoms. The van der Waals surface area contributed by atoms with Gasteiger partial charge in [0.25, 0.3) is 0 Å². The number of nitrogens with zero attached hydrogens (tertiary/aromatic N) is 3. The van der Waals surface area contributed by atoms with E-state index in [1.54, 1.807) is 0 Å². The SMILES string of the molecule is C1=CNC(=c2cc3[nH]c2=CC2=NC(=CC4=NC(=CC5=NC(=C3)C=C5)C=C4)C=C2)N1. The Morgan fingerprint density at radius 1 is 0.586 bits per heavy atom. The molecule has 0 aliphatic carbocycles. The normalized spacial score (nSPS) is 20.5. The number of hydrogen-bond donors (Lipinski definition) is 3. The van der Waals surface area contributed by atoms with Crippen LogP contribution in [0.1, 0.15) is 5.69 Å². The summed E-state index contributed by atoms with van der Waals surface area (Å²) in [5.74, 6) is 0.932. The van der Waals surface area contributed by atoms with Gasteiger partial charge in [0, 0.05) is 23.3 Å². The molecule has 0 atom stereocenters. The van der Waals surface area contributed by atoms with E-state index in [9.17, 15) is 0 Å². The van der Waals surface area contributed by atoms with Crippen LogP contribution in [0, 0.1) is 0 Å². The summed E-state index contributed by atoms with van der Waals surface area (Å²) in [6.45, 7) is 0. The Morgan fingerprint density at radius 3 is 1.76 bits per heavy atom. The molecule has 0 saturated heterocycles. The highest BCUT2D eigenvalue weighted by Gasteiger charge is 2.11. The average Bonchev–Trinajstić information content (AvgIpc) is 3.50. The van der Waals surface area contributed by atoms with Gasteiger partial charge in [-0.2, -0.15) is 0 Å². The summed E-state index contributed by atoms with van der Waals surface area (Å²) in [5, 5.41) is 8.49. The van der Waals surface area contributed by atoms with E-state index >= 15 is 0 Å². The van der Waals surface area contributed by atoms with E-state index in [0.717, 1.165) is 56.3 Å². The second kappa shape index (κ2) is 6.17. The van der Waals surface area contributed by atoms with Crippen LogP contribution in [0.15, 0.2) is 99.1 Å². The minimum Gasteiger partial charge on any atom is -0.355 e. The highest BCUT2D eigenvalue weighted by molar-refractivity contribution is 6.20. The summed E-state index contributed by atoms with van der Waals surface area (Å²) >= 11 is 0. The van der Waals surface area contributed by atoms with Crippen LogP contribution in [0.4, 0.5) is 0 Å². The first-order chi connectivity index (χ1) is 14.3. The van der Waals surface area contributed by atoms with Crippen molar-refractivity contribution in [3.63, 3.8) is 0 Å². The lowest BCUT2D eigenvalue weighted by molar-refractivity contribution is 1.12. The van der Waals surface area contributed by atoms with Crippen molar-refractivity contribution in [2.75, 3.05) is 0 Å². The minimum absolute atomic E-state index is 0.882. The number of nitrogens with one attached hydrogen (secondary N) is 3. The number of fused-ring (bicyclic) bond motifs is 5. The van der Waals surface area contributed by atoms with Crippen LogP contribution in [0.3, 0.4) is 0 Å². The van der Waals surface area contributed by atoms with Gasteiger partial charge in [-0.25, -0.2) is 15.0 Å². The average molecular weight is 376 g/mol. The molecule has 8 bridgehead atoms. The number of aliphatic imine (C=N–C) groups is 3. The number of rotatable bonds is 0. The predicted octanol–water partition coefficient (Wildman–Crippen LogP) is 1.68. The smallest absolute Gasteiger partial charge is 0.116 e. The van der Waals surface area contributed by atoms with E-state index in [1.807, 2.05) is 73.2 Å². The quantitative estimate of drug-likeness (QED) is 0.644. The number of allylic oxidation sites excluding steroid dienone is 8. The molecular formula is C23H16N6. The van der Waals surface area contributed by atoms with Crippen LogP contribution >= 0.6 is 0 Å². The molecule has 6 rings (SSSR count). The van der Waals surface area contributed by atoms with Gasteiger partial charge >= 0.3 is 0 Å². The van der Waals surface area contributed by atoms with E-state index in [4.69, 9.17) is 9.98 Å². The van der Waals surface area contributed by atoms with Crippen molar-refractivity contribution >= 4 is 35.1 Å². The third kappa shape index (κ3) is 2.96. The minimum atomic E-state index is 0.882. The number of H-pyrrole nitrogens is 1. The lowest BCUT2D eigenvalue weighted by atomic mass is 10.2. The van der Waals surface area contributed by atoms with Crippen molar-refractivity contribution in [2.45, 2.75) is 0 Å². The lowest BCUT2D eigenvalue weighted by Crippen LogP contribution is -2.32. The van der Waals surface area contributed by atoms with Gasteiger partial charge in [0.05, 0.1) is 39.6 Å². The summed E-state index contributed by atoms with van der Waals surface area (Å²) in [7, 11) is 0. The molecule has 0 saturated carbocycles. The molecule has 5 aliphatic heterocycles. The van der Waals surface area contributed by atoms with Crippen LogP contribution in [0.5, 0.6) is 0 Å². The Morgan fingerprint density at radius 2 is 1.14 bits per heavy atom. The summed E-state index contributed by atoms with van der Waals surface area (Å²) in [6, 6.07) is 2.10. The molecule has 0 aromatic carbocycles.